The Kier molecular flexibility index (Phi) is 12.4. The lowest BCUT2D eigenvalue weighted by atomic mass is 10.2. The predicted octanol–water partition coefficient (Wildman–Crippen LogP) is 1.99. The van der Waals surface area contributed by atoms with Crippen LogP contribution in [0.15, 0.2) is 0 Å². The highest BCUT2D eigenvalue weighted by Gasteiger charge is 2.25. The monoisotopic (exact) mass is 287 g/mol. The summed E-state index contributed by atoms with van der Waals surface area (Å²) in [6.45, 7) is 3.92. The van der Waals surface area contributed by atoms with Gasteiger partial charge in [-0.3, -0.25) is 0 Å². The van der Waals surface area contributed by atoms with Crippen molar-refractivity contribution in [1.29, 1.82) is 0 Å². The number of rotatable bonds is 13. The first-order chi connectivity index (χ1) is 9.06. The molecule has 0 saturated carbocycles. The van der Waals surface area contributed by atoms with Gasteiger partial charge in [-0.15, -0.1) is 0 Å². The highest BCUT2D eigenvalue weighted by molar-refractivity contribution is 4.53. The molecule has 0 aromatic carbocycles. The number of hydrogen-bond acceptors (Lipinski definition) is 4. The van der Waals surface area contributed by atoms with Crippen molar-refractivity contribution in [3.8, 4) is 0 Å². The Morgan fingerprint density at radius 1 is 0.842 bits per heavy atom. The third kappa shape index (κ3) is 17.6. The van der Waals surface area contributed by atoms with Crippen LogP contribution in [0, 0.1) is 0 Å². The normalized spacial score (nSPS) is 12.0. The molecule has 0 fully saturated rings. The summed E-state index contributed by atoms with van der Waals surface area (Å²) < 4.78 is 50.7. The summed E-state index contributed by atoms with van der Waals surface area (Å²) in [5.74, 6) is 0. The van der Waals surface area contributed by atoms with Crippen molar-refractivity contribution < 1.29 is 27.4 Å². The maximum atomic E-state index is 11.8. The van der Waals surface area contributed by atoms with Crippen LogP contribution in [0.1, 0.15) is 19.3 Å². The average molecular weight is 287 g/mol. The Bertz CT molecular complexity index is 192. The summed E-state index contributed by atoms with van der Waals surface area (Å²) >= 11 is 0. The lowest BCUT2D eigenvalue weighted by Gasteiger charge is -2.08. The van der Waals surface area contributed by atoms with E-state index in [0.29, 0.717) is 52.5 Å². The van der Waals surface area contributed by atoms with Crippen LogP contribution >= 0.6 is 0 Å². The van der Waals surface area contributed by atoms with Gasteiger partial charge < -0.3 is 19.5 Å². The van der Waals surface area contributed by atoms with E-state index in [-0.39, 0.29) is 6.42 Å². The highest BCUT2D eigenvalue weighted by Crippen LogP contribution is 2.21. The largest absolute Gasteiger partial charge is 0.389 e. The molecule has 0 spiro atoms. The zero-order chi connectivity index (χ0) is 14.4. The first-order valence-electron chi connectivity index (χ1n) is 6.48. The highest BCUT2D eigenvalue weighted by atomic mass is 19.4. The second-order valence-corrected chi connectivity index (χ2v) is 4.04. The number of nitrogens with one attached hydrogen (secondary N) is 1. The molecule has 1 N–H and O–H groups in total. The molecule has 19 heavy (non-hydrogen) atoms. The van der Waals surface area contributed by atoms with Gasteiger partial charge in [0.2, 0.25) is 0 Å². The van der Waals surface area contributed by atoms with Crippen molar-refractivity contribution in [2.75, 3.05) is 53.2 Å². The second-order valence-electron chi connectivity index (χ2n) is 4.04. The van der Waals surface area contributed by atoms with Crippen molar-refractivity contribution in [2.24, 2.45) is 0 Å². The molecule has 0 atom stereocenters. The third-order valence-corrected chi connectivity index (χ3v) is 2.29. The molecule has 0 amide bonds. The van der Waals surface area contributed by atoms with Crippen LogP contribution in [0.25, 0.3) is 0 Å². The number of methoxy groups -OCH3 is 1. The van der Waals surface area contributed by atoms with E-state index < -0.39 is 12.6 Å². The van der Waals surface area contributed by atoms with Crippen molar-refractivity contribution in [3.05, 3.63) is 0 Å². The maximum Gasteiger partial charge on any atom is 0.389 e. The van der Waals surface area contributed by atoms with E-state index in [2.05, 4.69) is 5.32 Å². The Morgan fingerprint density at radius 3 is 2.11 bits per heavy atom. The van der Waals surface area contributed by atoms with Gasteiger partial charge in [0.25, 0.3) is 0 Å². The fraction of sp³-hybridized carbons (Fsp3) is 1.00. The molecule has 116 valence electrons. The van der Waals surface area contributed by atoms with Crippen LogP contribution in [0.4, 0.5) is 13.2 Å². The Morgan fingerprint density at radius 2 is 1.47 bits per heavy atom. The van der Waals surface area contributed by atoms with Crippen LogP contribution in [-0.2, 0) is 14.2 Å². The van der Waals surface area contributed by atoms with Gasteiger partial charge in [-0.25, -0.2) is 0 Å². The second kappa shape index (κ2) is 12.7. The average Bonchev–Trinajstić information content (AvgIpc) is 2.34. The minimum Gasteiger partial charge on any atom is -0.382 e. The number of ether oxygens (including phenoxy) is 3. The van der Waals surface area contributed by atoms with Crippen LogP contribution in [-0.4, -0.2) is 59.4 Å². The SMILES string of the molecule is COCCOCCOCCNCCCCC(F)(F)F. The zero-order valence-electron chi connectivity index (χ0n) is 11.4. The van der Waals surface area contributed by atoms with E-state index in [1.165, 1.54) is 0 Å². The van der Waals surface area contributed by atoms with E-state index in [9.17, 15) is 13.2 Å². The molecular formula is C12H24F3NO3. The fourth-order valence-corrected chi connectivity index (χ4v) is 1.31. The summed E-state index contributed by atoms with van der Waals surface area (Å²) in [6.07, 6.45) is -4.04. The molecule has 7 heteroatoms. The molecule has 0 aliphatic heterocycles. The van der Waals surface area contributed by atoms with Crippen LogP contribution in [0.5, 0.6) is 0 Å². The first-order valence-corrected chi connectivity index (χ1v) is 6.48. The molecule has 0 aromatic heterocycles. The molecular weight excluding hydrogens is 263 g/mol. The molecule has 0 aromatic rings. The molecule has 4 nitrogen and oxygen atoms in total. The number of alkyl halides is 3. The fourth-order valence-electron chi connectivity index (χ4n) is 1.31. The van der Waals surface area contributed by atoms with Crippen LogP contribution in [0.3, 0.4) is 0 Å². The molecule has 0 radical (unpaired) electrons. The topological polar surface area (TPSA) is 39.7 Å². The van der Waals surface area contributed by atoms with Crippen molar-refractivity contribution in [3.63, 3.8) is 0 Å². The van der Waals surface area contributed by atoms with Gasteiger partial charge in [-0.05, 0) is 19.4 Å². The van der Waals surface area contributed by atoms with Gasteiger partial charge in [0, 0.05) is 20.1 Å². The molecule has 0 aliphatic carbocycles. The minimum atomic E-state index is -4.04. The van der Waals surface area contributed by atoms with Crippen LogP contribution in [0.2, 0.25) is 0 Å². The van der Waals surface area contributed by atoms with Gasteiger partial charge >= 0.3 is 6.18 Å². The van der Waals surface area contributed by atoms with Gasteiger partial charge in [-0.1, -0.05) is 0 Å². The predicted molar refractivity (Wildman–Crippen MR) is 66.3 cm³/mol. The van der Waals surface area contributed by atoms with Gasteiger partial charge in [0.15, 0.2) is 0 Å². The van der Waals surface area contributed by atoms with E-state index in [0.717, 1.165) is 0 Å². The summed E-state index contributed by atoms with van der Waals surface area (Å²) in [7, 11) is 1.61. The Balaban J connectivity index is 2.99. The third-order valence-electron chi connectivity index (χ3n) is 2.29. The summed E-state index contributed by atoms with van der Waals surface area (Å²) in [5.41, 5.74) is 0. The van der Waals surface area contributed by atoms with Crippen molar-refractivity contribution in [1.82, 2.24) is 5.32 Å². The zero-order valence-corrected chi connectivity index (χ0v) is 11.4. The van der Waals surface area contributed by atoms with Gasteiger partial charge in [0.05, 0.1) is 33.0 Å². The van der Waals surface area contributed by atoms with Crippen molar-refractivity contribution >= 4 is 0 Å². The van der Waals surface area contributed by atoms with Crippen molar-refractivity contribution in [2.45, 2.75) is 25.4 Å². The standard InChI is InChI=1S/C12H24F3NO3/c1-17-8-9-19-11-10-18-7-6-16-5-3-2-4-12(13,14)15/h16H,2-11H2,1H3. The van der Waals surface area contributed by atoms with E-state index in [4.69, 9.17) is 14.2 Å². The molecule has 0 heterocycles. The minimum absolute atomic E-state index is 0.171. The Hall–Kier alpha value is -0.370. The van der Waals surface area contributed by atoms with Crippen LogP contribution < -0.4 is 5.32 Å². The molecule has 0 aliphatic rings. The summed E-state index contributed by atoms with van der Waals surface area (Å²) in [4.78, 5) is 0. The number of unbranched alkanes of at least 4 members (excludes halogenated alkanes) is 1. The van der Waals surface area contributed by atoms with Gasteiger partial charge in [-0.2, -0.15) is 13.2 Å². The number of halogens is 3. The molecule has 0 bridgehead atoms. The summed E-state index contributed by atoms with van der Waals surface area (Å²) in [6, 6.07) is 0. The molecule has 0 rings (SSSR count). The van der Waals surface area contributed by atoms with E-state index in [1.54, 1.807) is 7.11 Å². The summed E-state index contributed by atoms with van der Waals surface area (Å²) in [5, 5.41) is 3.03. The van der Waals surface area contributed by atoms with Gasteiger partial charge in [0.1, 0.15) is 0 Å². The van der Waals surface area contributed by atoms with E-state index in [1.807, 2.05) is 0 Å². The maximum absolute atomic E-state index is 11.8. The quantitative estimate of drug-likeness (QED) is 0.526. The number of hydrogen-bond donors (Lipinski definition) is 1. The molecule has 0 saturated heterocycles. The van der Waals surface area contributed by atoms with E-state index >= 15 is 0 Å². The first kappa shape index (κ1) is 18.6. The molecule has 0 unspecified atom stereocenters. The lowest BCUT2D eigenvalue weighted by Crippen LogP contribution is -2.22. The lowest BCUT2D eigenvalue weighted by molar-refractivity contribution is -0.135. The Labute approximate surface area is 112 Å². The smallest absolute Gasteiger partial charge is 0.382 e.